The Morgan fingerprint density at radius 3 is 2.09 bits per heavy atom. The Kier molecular flexibility index (Phi) is 5.30. The number of amides is 3. The van der Waals surface area contributed by atoms with Gasteiger partial charge in [-0.1, -0.05) is 60.7 Å². The summed E-state index contributed by atoms with van der Waals surface area (Å²) in [6.07, 6.45) is 0.751. The van der Waals surface area contributed by atoms with Crippen LogP contribution in [0, 0.1) is 0 Å². The fraction of sp³-hybridized carbons (Fsp3) is 0.192. The largest absolute Gasteiger partial charge is 0.490 e. The summed E-state index contributed by atoms with van der Waals surface area (Å²) in [6.45, 7) is 0.657. The third-order valence-corrected chi connectivity index (χ3v) is 5.89. The van der Waals surface area contributed by atoms with Crippen molar-refractivity contribution in [3.63, 3.8) is 0 Å². The number of carbonyl (C=O) groups is 3. The molecule has 3 aromatic rings. The molecule has 0 saturated carbocycles. The molecule has 0 radical (unpaired) electrons. The van der Waals surface area contributed by atoms with Crippen molar-refractivity contribution in [1.29, 1.82) is 0 Å². The minimum Gasteiger partial charge on any atom is -0.490 e. The van der Waals surface area contributed by atoms with Crippen molar-refractivity contribution in [3.05, 3.63) is 95.6 Å². The molecule has 7 nitrogen and oxygen atoms in total. The maximum Gasteiger partial charge on any atom is 0.325 e. The first kappa shape index (κ1) is 20.8. The quantitative estimate of drug-likeness (QED) is 0.483. The molecule has 33 heavy (non-hydrogen) atoms. The number of hydrogen-bond acceptors (Lipinski definition) is 5. The first-order valence-corrected chi connectivity index (χ1v) is 10.8. The topological polar surface area (TPSA) is 84.9 Å². The summed E-state index contributed by atoms with van der Waals surface area (Å²) in [6, 6.07) is 22.4. The predicted molar refractivity (Wildman–Crippen MR) is 120 cm³/mol. The lowest BCUT2D eigenvalue weighted by Gasteiger charge is -2.28. The van der Waals surface area contributed by atoms with Crippen molar-refractivity contribution < 1.29 is 23.9 Å². The highest BCUT2D eigenvalue weighted by molar-refractivity contribution is 6.13. The van der Waals surface area contributed by atoms with E-state index in [-0.39, 0.29) is 12.3 Å². The van der Waals surface area contributed by atoms with Crippen LogP contribution < -0.4 is 14.8 Å². The van der Waals surface area contributed by atoms with Gasteiger partial charge in [-0.2, -0.15) is 0 Å². The summed E-state index contributed by atoms with van der Waals surface area (Å²) in [5.74, 6) is 0.198. The number of carbonyl (C=O) groups excluding carboxylic acids is 3. The highest BCUT2D eigenvalue weighted by Crippen LogP contribution is 2.36. The number of Topliss-reactive ketones (excluding diaryl/α,β-unsaturated/α-hetero) is 1. The van der Waals surface area contributed by atoms with E-state index < -0.39 is 17.5 Å². The van der Waals surface area contributed by atoms with E-state index in [4.69, 9.17) is 9.47 Å². The molecule has 0 aromatic heterocycles. The lowest BCUT2D eigenvalue weighted by molar-refractivity contribution is -0.129. The van der Waals surface area contributed by atoms with Crippen LogP contribution in [0.4, 0.5) is 4.79 Å². The van der Waals surface area contributed by atoms with Gasteiger partial charge < -0.3 is 14.8 Å². The van der Waals surface area contributed by atoms with E-state index in [1.165, 1.54) is 0 Å². The van der Waals surface area contributed by atoms with Gasteiger partial charge in [-0.05, 0) is 29.3 Å². The number of imide groups is 1. The van der Waals surface area contributed by atoms with Crippen LogP contribution in [0.5, 0.6) is 11.5 Å². The van der Waals surface area contributed by atoms with Gasteiger partial charge in [0.25, 0.3) is 5.91 Å². The third-order valence-electron chi connectivity index (χ3n) is 5.89. The smallest absolute Gasteiger partial charge is 0.325 e. The molecule has 166 valence electrons. The first-order valence-electron chi connectivity index (χ1n) is 10.8. The Morgan fingerprint density at radius 2 is 1.45 bits per heavy atom. The monoisotopic (exact) mass is 442 g/mol. The molecular weight excluding hydrogens is 420 g/mol. The fourth-order valence-corrected chi connectivity index (χ4v) is 4.23. The number of ether oxygens (including phenoxy) is 2. The standard InChI is InChI=1S/C26H22N2O5/c29-21(18-12-13-22-23(16-18)33-15-7-14-32-22)17-28-24(30)26(27-25(28)31,19-8-3-1-4-9-19)20-10-5-2-6-11-20/h1-6,8-13,16H,7,14-15,17H2,(H,27,31). The SMILES string of the molecule is O=C(CN1C(=O)NC(c2ccccc2)(c2ccccc2)C1=O)c1ccc2c(c1)OCCCO2. The Balaban J connectivity index is 1.47. The number of benzene rings is 3. The van der Waals surface area contributed by atoms with Crippen molar-refractivity contribution in [2.75, 3.05) is 19.8 Å². The predicted octanol–water partition coefficient (Wildman–Crippen LogP) is 3.53. The second-order valence-corrected chi connectivity index (χ2v) is 7.94. The molecule has 5 rings (SSSR count). The lowest BCUT2D eigenvalue weighted by Crippen LogP contribution is -2.45. The van der Waals surface area contributed by atoms with Gasteiger partial charge in [0.15, 0.2) is 22.8 Å². The van der Waals surface area contributed by atoms with Crippen LogP contribution in [0.25, 0.3) is 0 Å². The van der Waals surface area contributed by atoms with Crippen LogP contribution in [-0.4, -0.2) is 42.4 Å². The summed E-state index contributed by atoms with van der Waals surface area (Å²) in [5.41, 5.74) is 0.196. The molecule has 1 N–H and O–H groups in total. The maximum atomic E-state index is 13.7. The molecule has 2 aliphatic heterocycles. The molecule has 7 heteroatoms. The number of ketones is 1. The van der Waals surface area contributed by atoms with E-state index in [0.29, 0.717) is 41.4 Å². The van der Waals surface area contributed by atoms with Gasteiger partial charge in [-0.25, -0.2) is 4.79 Å². The molecule has 0 unspecified atom stereocenters. The number of hydrogen-bond donors (Lipinski definition) is 1. The number of nitrogens with zero attached hydrogens (tertiary/aromatic N) is 1. The molecule has 1 saturated heterocycles. The van der Waals surface area contributed by atoms with Crippen molar-refractivity contribution in [3.8, 4) is 11.5 Å². The molecule has 2 aliphatic rings. The average molecular weight is 442 g/mol. The minimum absolute atomic E-state index is 0.344. The van der Waals surface area contributed by atoms with Crippen LogP contribution in [0.2, 0.25) is 0 Å². The first-order chi connectivity index (χ1) is 16.1. The molecule has 2 heterocycles. The molecular formula is C26H22N2O5. The van der Waals surface area contributed by atoms with Crippen LogP contribution in [0.3, 0.4) is 0 Å². The second kappa shape index (κ2) is 8.43. The van der Waals surface area contributed by atoms with Gasteiger partial charge in [-0.15, -0.1) is 0 Å². The zero-order valence-corrected chi connectivity index (χ0v) is 17.8. The molecule has 3 amide bonds. The van der Waals surface area contributed by atoms with Crippen LogP contribution in [0.15, 0.2) is 78.9 Å². The fourth-order valence-electron chi connectivity index (χ4n) is 4.23. The van der Waals surface area contributed by atoms with Gasteiger partial charge >= 0.3 is 6.03 Å². The lowest BCUT2D eigenvalue weighted by atomic mass is 9.82. The average Bonchev–Trinajstić information content (AvgIpc) is 3.00. The van der Waals surface area contributed by atoms with Crippen molar-refractivity contribution >= 4 is 17.7 Å². The summed E-state index contributed by atoms with van der Waals surface area (Å²) in [4.78, 5) is 40.8. The van der Waals surface area contributed by atoms with Crippen LogP contribution in [-0.2, 0) is 10.3 Å². The van der Waals surface area contributed by atoms with Gasteiger partial charge in [0.1, 0.15) is 0 Å². The van der Waals surface area contributed by atoms with E-state index in [0.717, 1.165) is 11.3 Å². The third kappa shape index (κ3) is 3.61. The number of fused-ring (bicyclic) bond motifs is 1. The van der Waals surface area contributed by atoms with E-state index in [1.54, 1.807) is 42.5 Å². The Bertz CT molecular complexity index is 1170. The summed E-state index contributed by atoms with van der Waals surface area (Å²) in [7, 11) is 0. The minimum atomic E-state index is -1.40. The normalized spacial score (nSPS) is 16.8. The zero-order chi connectivity index (χ0) is 22.8. The van der Waals surface area contributed by atoms with E-state index in [2.05, 4.69) is 5.32 Å². The zero-order valence-electron chi connectivity index (χ0n) is 17.8. The Morgan fingerprint density at radius 1 is 0.848 bits per heavy atom. The summed E-state index contributed by atoms with van der Waals surface area (Å²) in [5, 5.41) is 2.86. The molecule has 0 aliphatic carbocycles. The van der Waals surface area contributed by atoms with Crippen LogP contribution in [0.1, 0.15) is 27.9 Å². The second-order valence-electron chi connectivity index (χ2n) is 7.94. The molecule has 0 bridgehead atoms. The number of nitrogens with one attached hydrogen (secondary N) is 1. The summed E-state index contributed by atoms with van der Waals surface area (Å²) >= 11 is 0. The highest BCUT2D eigenvalue weighted by atomic mass is 16.5. The summed E-state index contributed by atoms with van der Waals surface area (Å²) < 4.78 is 11.3. The Hall–Kier alpha value is -4.13. The van der Waals surface area contributed by atoms with Crippen molar-refractivity contribution in [2.45, 2.75) is 12.0 Å². The van der Waals surface area contributed by atoms with E-state index in [9.17, 15) is 14.4 Å². The van der Waals surface area contributed by atoms with Crippen molar-refractivity contribution in [1.82, 2.24) is 10.2 Å². The number of urea groups is 1. The highest BCUT2D eigenvalue weighted by Gasteiger charge is 2.54. The van der Waals surface area contributed by atoms with Gasteiger partial charge in [0.2, 0.25) is 0 Å². The van der Waals surface area contributed by atoms with E-state index >= 15 is 0 Å². The molecule has 1 fully saturated rings. The van der Waals surface area contributed by atoms with Gasteiger partial charge in [0, 0.05) is 12.0 Å². The molecule has 0 spiro atoms. The van der Waals surface area contributed by atoms with Gasteiger partial charge in [0.05, 0.1) is 19.8 Å². The number of rotatable bonds is 5. The maximum absolute atomic E-state index is 13.7. The Labute approximate surface area is 190 Å². The molecule has 3 aromatic carbocycles. The van der Waals surface area contributed by atoms with Gasteiger partial charge in [-0.3, -0.25) is 14.5 Å². The molecule has 0 atom stereocenters. The van der Waals surface area contributed by atoms with Crippen LogP contribution >= 0.6 is 0 Å². The van der Waals surface area contributed by atoms with Crippen molar-refractivity contribution in [2.24, 2.45) is 0 Å². The van der Waals surface area contributed by atoms with E-state index in [1.807, 2.05) is 36.4 Å².